The molecular weight excluding hydrogens is 284 g/mol. The molecule has 0 aliphatic carbocycles. The van der Waals surface area contributed by atoms with Crippen LogP contribution in [0.5, 0.6) is 0 Å². The van der Waals surface area contributed by atoms with Gasteiger partial charge in [-0.25, -0.2) is 9.59 Å². The van der Waals surface area contributed by atoms with Crippen LogP contribution in [0.15, 0.2) is 24.4 Å². The normalized spacial score (nSPS) is 21.7. The molecule has 1 aromatic heterocycles. The first kappa shape index (κ1) is 16.3. The molecule has 1 amide bonds. The number of aliphatic carboxylic acids is 1. The number of pyridine rings is 1. The predicted molar refractivity (Wildman–Crippen MR) is 80.4 cm³/mol. The van der Waals surface area contributed by atoms with Gasteiger partial charge in [0.15, 0.2) is 0 Å². The van der Waals surface area contributed by atoms with Crippen LogP contribution in [0.1, 0.15) is 32.9 Å². The minimum absolute atomic E-state index is 0.0727. The van der Waals surface area contributed by atoms with Crippen molar-refractivity contribution < 1.29 is 19.4 Å². The van der Waals surface area contributed by atoms with E-state index in [1.165, 1.54) is 4.90 Å². The molecule has 2 rings (SSSR count). The molecule has 0 aromatic carbocycles. The Hall–Kier alpha value is -2.11. The van der Waals surface area contributed by atoms with Gasteiger partial charge in [0.1, 0.15) is 11.6 Å². The zero-order chi connectivity index (χ0) is 16.3. The van der Waals surface area contributed by atoms with E-state index in [4.69, 9.17) is 4.74 Å². The van der Waals surface area contributed by atoms with Gasteiger partial charge < -0.3 is 9.84 Å². The SMILES string of the molecule is CC(C)(C)OC(=O)N1CC(Cc2ccccn2)CC1C(=O)O. The van der Waals surface area contributed by atoms with Crippen molar-refractivity contribution in [2.75, 3.05) is 6.54 Å². The van der Waals surface area contributed by atoms with E-state index >= 15 is 0 Å². The maximum Gasteiger partial charge on any atom is 0.411 e. The number of carbonyl (C=O) groups is 2. The van der Waals surface area contributed by atoms with Gasteiger partial charge in [-0.1, -0.05) is 6.07 Å². The van der Waals surface area contributed by atoms with E-state index in [1.807, 2.05) is 18.2 Å². The molecule has 6 heteroatoms. The molecule has 6 nitrogen and oxygen atoms in total. The van der Waals surface area contributed by atoms with Gasteiger partial charge in [0, 0.05) is 18.4 Å². The minimum atomic E-state index is -0.991. The molecule has 1 N–H and O–H groups in total. The highest BCUT2D eigenvalue weighted by Crippen LogP contribution is 2.27. The lowest BCUT2D eigenvalue weighted by molar-refractivity contribution is -0.142. The monoisotopic (exact) mass is 306 g/mol. The summed E-state index contributed by atoms with van der Waals surface area (Å²) in [4.78, 5) is 29.2. The lowest BCUT2D eigenvalue weighted by Crippen LogP contribution is -2.43. The van der Waals surface area contributed by atoms with Gasteiger partial charge in [-0.2, -0.15) is 0 Å². The molecule has 120 valence electrons. The van der Waals surface area contributed by atoms with Crippen LogP contribution in [-0.4, -0.2) is 45.2 Å². The van der Waals surface area contributed by atoms with E-state index in [1.54, 1.807) is 27.0 Å². The van der Waals surface area contributed by atoms with Gasteiger partial charge in [-0.15, -0.1) is 0 Å². The average Bonchev–Trinajstić information content (AvgIpc) is 2.82. The van der Waals surface area contributed by atoms with Crippen LogP contribution in [0.3, 0.4) is 0 Å². The second-order valence-electron chi connectivity index (χ2n) is 6.61. The predicted octanol–water partition coefficient (Wildman–Crippen LogP) is 2.33. The third kappa shape index (κ3) is 4.19. The summed E-state index contributed by atoms with van der Waals surface area (Å²) in [5.41, 5.74) is 0.266. The molecule has 1 aliphatic rings. The van der Waals surface area contributed by atoms with Crippen molar-refractivity contribution in [1.82, 2.24) is 9.88 Å². The van der Waals surface area contributed by atoms with Crippen molar-refractivity contribution in [1.29, 1.82) is 0 Å². The molecule has 22 heavy (non-hydrogen) atoms. The quantitative estimate of drug-likeness (QED) is 0.927. The van der Waals surface area contributed by atoms with Gasteiger partial charge in [0.25, 0.3) is 0 Å². The Balaban J connectivity index is 2.06. The zero-order valence-electron chi connectivity index (χ0n) is 13.2. The number of aromatic nitrogens is 1. The van der Waals surface area contributed by atoms with Crippen molar-refractivity contribution in [3.63, 3.8) is 0 Å². The number of hydrogen-bond donors (Lipinski definition) is 1. The standard InChI is InChI=1S/C16H22N2O4/c1-16(2,3)22-15(21)18-10-11(9-13(18)14(19)20)8-12-6-4-5-7-17-12/h4-7,11,13H,8-10H2,1-3H3,(H,19,20). The Morgan fingerprint density at radius 2 is 2.14 bits per heavy atom. The third-order valence-corrected chi connectivity index (χ3v) is 3.52. The summed E-state index contributed by atoms with van der Waals surface area (Å²) in [6.45, 7) is 5.68. The maximum atomic E-state index is 12.2. The number of likely N-dealkylation sites (tertiary alicyclic amines) is 1. The molecule has 1 fully saturated rings. The Labute approximate surface area is 130 Å². The summed E-state index contributed by atoms with van der Waals surface area (Å²) in [7, 11) is 0. The van der Waals surface area contributed by atoms with Crippen molar-refractivity contribution in [3.8, 4) is 0 Å². The fraction of sp³-hybridized carbons (Fsp3) is 0.562. The van der Waals surface area contributed by atoms with Crippen molar-refractivity contribution in [2.24, 2.45) is 5.92 Å². The lowest BCUT2D eigenvalue weighted by atomic mass is 9.99. The lowest BCUT2D eigenvalue weighted by Gasteiger charge is -2.26. The summed E-state index contributed by atoms with van der Waals surface area (Å²) in [5, 5.41) is 9.35. The van der Waals surface area contributed by atoms with Crippen LogP contribution in [0.2, 0.25) is 0 Å². The van der Waals surface area contributed by atoms with Gasteiger partial charge in [-0.05, 0) is 51.7 Å². The fourth-order valence-corrected chi connectivity index (χ4v) is 2.64. The summed E-state index contributed by atoms with van der Waals surface area (Å²) in [5.74, 6) is -0.919. The van der Waals surface area contributed by atoms with Gasteiger partial charge in [-0.3, -0.25) is 9.88 Å². The number of nitrogens with zero attached hydrogens (tertiary/aromatic N) is 2. The Bertz CT molecular complexity index is 539. The molecule has 1 saturated heterocycles. The van der Waals surface area contributed by atoms with Crippen LogP contribution in [0.25, 0.3) is 0 Å². The fourth-order valence-electron chi connectivity index (χ4n) is 2.64. The molecule has 0 saturated carbocycles. The first-order valence-corrected chi connectivity index (χ1v) is 7.38. The van der Waals surface area contributed by atoms with E-state index in [2.05, 4.69) is 4.98 Å². The number of hydrogen-bond acceptors (Lipinski definition) is 4. The molecule has 2 atom stereocenters. The molecular formula is C16H22N2O4. The molecule has 2 heterocycles. The Kier molecular flexibility index (Phi) is 4.68. The summed E-state index contributed by atoms with van der Waals surface area (Å²) >= 11 is 0. The highest BCUT2D eigenvalue weighted by molar-refractivity contribution is 5.81. The minimum Gasteiger partial charge on any atom is -0.480 e. The summed E-state index contributed by atoms with van der Waals surface area (Å²) in [6.07, 6.45) is 2.23. The smallest absolute Gasteiger partial charge is 0.411 e. The van der Waals surface area contributed by atoms with Crippen LogP contribution >= 0.6 is 0 Å². The first-order valence-electron chi connectivity index (χ1n) is 7.38. The van der Waals surface area contributed by atoms with Crippen LogP contribution < -0.4 is 0 Å². The van der Waals surface area contributed by atoms with Crippen molar-refractivity contribution >= 4 is 12.1 Å². The number of carbonyl (C=O) groups excluding carboxylic acids is 1. The van der Waals surface area contributed by atoms with Crippen LogP contribution in [-0.2, 0) is 16.0 Å². The molecule has 0 spiro atoms. The molecule has 2 unspecified atom stereocenters. The van der Waals surface area contributed by atoms with Crippen LogP contribution in [0.4, 0.5) is 4.79 Å². The number of rotatable bonds is 3. The van der Waals surface area contributed by atoms with Crippen molar-refractivity contribution in [3.05, 3.63) is 30.1 Å². The second-order valence-corrected chi connectivity index (χ2v) is 6.61. The van der Waals surface area contributed by atoms with Gasteiger partial charge in [0.05, 0.1) is 0 Å². The second kappa shape index (κ2) is 6.34. The molecule has 0 bridgehead atoms. The Morgan fingerprint density at radius 3 is 2.68 bits per heavy atom. The zero-order valence-corrected chi connectivity index (χ0v) is 13.2. The number of carboxylic acids is 1. The average molecular weight is 306 g/mol. The molecule has 1 aromatic rings. The van der Waals surface area contributed by atoms with E-state index in [-0.39, 0.29) is 5.92 Å². The third-order valence-electron chi connectivity index (χ3n) is 3.52. The number of carboxylic acid groups (broad SMARTS) is 1. The summed E-state index contributed by atoms with van der Waals surface area (Å²) in [6, 6.07) is 4.82. The summed E-state index contributed by atoms with van der Waals surface area (Å²) < 4.78 is 5.31. The molecule has 0 radical (unpaired) electrons. The topological polar surface area (TPSA) is 79.7 Å². The first-order chi connectivity index (χ1) is 10.3. The van der Waals surface area contributed by atoms with E-state index in [0.29, 0.717) is 19.4 Å². The van der Waals surface area contributed by atoms with Crippen LogP contribution in [0, 0.1) is 5.92 Å². The largest absolute Gasteiger partial charge is 0.480 e. The highest BCUT2D eigenvalue weighted by Gasteiger charge is 2.41. The van der Waals surface area contributed by atoms with E-state index < -0.39 is 23.7 Å². The molecule has 1 aliphatic heterocycles. The van der Waals surface area contributed by atoms with Crippen molar-refractivity contribution in [2.45, 2.75) is 45.3 Å². The van der Waals surface area contributed by atoms with E-state index in [9.17, 15) is 14.7 Å². The number of ether oxygens (including phenoxy) is 1. The maximum absolute atomic E-state index is 12.2. The van der Waals surface area contributed by atoms with Gasteiger partial charge >= 0.3 is 12.1 Å². The van der Waals surface area contributed by atoms with Gasteiger partial charge in [0.2, 0.25) is 0 Å². The van der Waals surface area contributed by atoms with E-state index in [0.717, 1.165) is 5.69 Å². The number of amides is 1. The Morgan fingerprint density at radius 1 is 1.41 bits per heavy atom. The highest BCUT2D eigenvalue weighted by atomic mass is 16.6.